The van der Waals surface area contributed by atoms with Crippen molar-refractivity contribution in [3.63, 3.8) is 0 Å². The number of furan rings is 1. The lowest BCUT2D eigenvalue weighted by Crippen LogP contribution is -2.27. The van der Waals surface area contributed by atoms with Gasteiger partial charge in [-0.25, -0.2) is 4.79 Å². The molecule has 0 radical (unpaired) electrons. The van der Waals surface area contributed by atoms with Crippen molar-refractivity contribution in [2.75, 3.05) is 6.79 Å². The van der Waals surface area contributed by atoms with E-state index in [0.717, 1.165) is 16.7 Å². The van der Waals surface area contributed by atoms with E-state index in [9.17, 15) is 9.59 Å². The van der Waals surface area contributed by atoms with E-state index in [-0.39, 0.29) is 19.3 Å². The Labute approximate surface area is 234 Å². The molecule has 3 aromatic carbocycles. The largest absolute Gasteiger partial charge is 0.457 e. The Balaban J connectivity index is 1.09. The van der Waals surface area contributed by atoms with Gasteiger partial charge in [0.2, 0.25) is 6.79 Å². The maximum absolute atomic E-state index is 12.9. The van der Waals surface area contributed by atoms with E-state index < -0.39 is 5.97 Å². The highest BCUT2D eigenvalue weighted by atomic mass is 32.2. The summed E-state index contributed by atoms with van der Waals surface area (Å²) in [7, 11) is 0. The quantitative estimate of drug-likeness (QED) is 0.147. The number of carbonyl (C=O) groups excluding carboxylic acids is 2. The number of amides is 1. The highest BCUT2D eigenvalue weighted by Gasteiger charge is 2.32. The molecule has 0 unspecified atom stereocenters. The van der Waals surface area contributed by atoms with Gasteiger partial charge in [-0.15, -0.1) is 0 Å². The molecule has 7 nitrogen and oxygen atoms in total. The van der Waals surface area contributed by atoms with Crippen LogP contribution in [0.2, 0.25) is 0 Å². The Morgan fingerprint density at radius 3 is 2.56 bits per heavy atom. The van der Waals surface area contributed by atoms with E-state index in [1.165, 1.54) is 11.8 Å². The van der Waals surface area contributed by atoms with E-state index in [1.807, 2.05) is 42.5 Å². The average molecular weight is 556 g/mol. The van der Waals surface area contributed by atoms with Crippen molar-refractivity contribution in [2.45, 2.75) is 13.2 Å². The van der Waals surface area contributed by atoms with Crippen molar-refractivity contribution in [3.05, 3.63) is 112 Å². The van der Waals surface area contributed by atoms with Gasteiger partial charge < -0.3 is 18.6 Å². The van der Waals surface area contributed by atoms with Gasteiger partial charge in [0, 0.05) is 11.6 Å². The molecule has 2 aliphatic rings. The number of esters is 1. The fraction of sp³-hybridized carbons (Fsp3) is 0.100. The summed E-state index contributed by atoms with van der Waals surface area (Å²) in [5.74, 6) is 1.90. The molecule has 2 aliphatic heterocycles. The SMILES string of the molecule is O=C(OCc1ccc2c(c1)OCO2)c1ccc(-c2ccc(/C=C3/SC(=S)N(Cc4ccccc4)C3=O)o2)cc1. The summed E-state index contributed by atoms with van der Waals surface area (Å²) in [6.45, 7) is 0.742. The van der Waals surface area contributed by atoms with Crippen molar-refractivity contribution in [2.24, 2.45) is 0 Å². The molecule has 1 saturated heterocycles. The average Bonchev–Trinajstić information content (AvgIpc) is 3.69. The second kappa shape index (κ2) is 10.8. The number of rotatable bonds is 7. The lowest BCUT2D eigenvalue weighted by atomic mass is 10.1. The molecule has 39 heavy (non-hydrogen) atoms. The highest BCUT2D eigenvalue weighted by Crippen LogP contribution is 2.35. The number of nitrogens with zero attached hydrogens (tertiary/aromatic N) is 1. The van der Waals surface area contributed by atoms with Gasteiger partial charge in [0.05, 0.1) is 17.0 Å². The Morgan fingerprint density at radius 2 is 1.74 bits per heavy atom. The second-order valence-corrected chi connectivity index (χ2v) is 10.5. The molecule has 0 aliphatic carbocycles. The molecule has 0 spiro atoms. The van der Waals surface area contributed by atoms with Gasteiger partial charge in [0.25, 0.3) is 5.91 Å². The predicted octanol–water partition coefficient (Wildman–Crippen LogP) is 6.43. The van der Waals surface area contributed by atoms with E-state index >= 15 is 0 Å². The smallest absolute Gasteiger partial charge is 0.338 e. The summed E-state index contributed by atoms with van der Waals surface area (Å²) in [4.78, 5) is 27.6. The van der Waals surface area contributed by atoms with Crippen LogP contribution in [0.3, 0.4) is 0 Å². The van der Waals surface area contributed by atoms with Crippen LogP contribution in [0.25, 0.3) is 17.4 Å². The molecule has 0 N–H and O–H groups in total. The number of thioether (sulfide) groups is 1. The third kappa shape index (κ3) is 5.45. The first kappa shape index (κ1) is 25.0. The van der Waals surface area contributed by atoms with Crippen molar-refractivity contribution < 1.29 is 28.2 Å². The summed E-state index contributed by atoms with van der Waals surface area (Å²) in [6.07, 6.45) is 1.70. The van der Waals surface area contributed by atoms with Gasteiger partial charge >= 0.3 is 5.97 Å². The number of thiocarbonyl (C=S) groups is 1. The third-order valence-electron chi connectivity index (χ3n) is 6.17. The van der Waals surface area contributed by atoms with Gasteiger partial charge in [-0.3, -0.25) is 9.69 Å². The first-order valence-electron chi connectivity index (χ1n) is 12.1. The predicted molar refractivity (Wildman–Crippen MR) is 151 cm³/mol. The van der Waals surface area contributed by atoms with Crippen molar-refractivity contribution in [3.8, 4) is 22.8 Å². The second-order valence-electron chi connectivity index (χ2n) is 8.80. The topological polar surface area (TPSA) is 78.2 Å². The number of ether oxygens (including phenoxy) is 3. The molecule has 194 valence electrons. The number of hydrogen-bond donors (Lipinski definition) is 0. The first-order valence-corrected chi connectivity index (χ1v) is 13.3. The van der Waals surface area contributed by atoms with Gasteiger partial charge in [0.1, 0.15) is 22.4 Å². The Hall–Kier alpha value is -4.34. The summed E-state index contributed by atoms with van der Waals surface area (Å²) in [6, 6.07) is 25.7. The molecule has 0 atom stereocenters. The standard InChI is InChI=1S/C30H21NO6S2/c32-28-27(39-30(38)31(28)16-19-4-2-1-3-5-19)15-23-11-13-24(37-23)21-7-9-22(10-8-21)29(33)34-17-20-6-12-25-26(14-20)36-18-35-25/h1-15H,16-18H2/b27-15+. The molecule has 1 amide bonds. The van der Waals surface area contributed by atoms with Crippen LogP contribution in [-0.4, -0.2) is 27.9 Å². The number of benzene rings is 3. The van der Waals surface area contributed by atoms with Crippen molar-refractivity contribution in [1.29, 1.82) is 0 Å². The van der Waals surface area contributed by atoms with Gasteiger partial charge in [-0.2, -0.15) is 0 Å². The first-order chi connectivity index (χ1) is 19.0. The third-order valence-corrected chi connectivity index (χ3v) is 7.55. The van der Waals surface area contributed by atoms with Crippen LogP contribution < -0.4 is 9.47 Å². The van der Waals surface area contributed by atoms with E-state index in [4.69, 9.17) is 30.8 Å². The number of fused-ring (bicyclic) bond motifs is 1. The number of carbonyl (C=O) groups is 2. The highest BCUT2D eigenvalue weighted by molar-refractivity contribution is 8.26. The maximum Gasteiger partial charge on any atom is 0.338 e. The van der Waals surface area contributed by atoms with E-state index in [0.29, 0.717) is 44.4 Å². The van der Waals surface area contributed by atoms with Gasteiger partial charge in [-0.05, 0) is 47.5 Å². The molecule has 1 fully saturated rings. The zero-order valence-electron chi connectivity index (χ0n) is 20.5. The van der Waals surface area contributed by atoms with Crippen LogP contribution in [0, 0.1) is 0 Å². The van der Waals surface area contributed by atoms with Crippen molar-refractivity contribution in [1.82, 2.24) is 4.90 Å². The Bertz CT molecular complexity index is 1590. The summed E-state index contributed by atoms with van der Waals surface area (Å²) >= 11 is 6.70. The molecular formula is C30H21NO6S2. The van der Waals surface area contributed by atoms with E-state index in [1.54, 1.807) is 53.4 Å². The monoisotopic (exact) mass is 555 g/mol. The number of hydrogen-bond acceptors (Lipinski definition) is 8. The van der Waals surface area contributed by atoms with Crippen LogP contribution in [0.5, 0.6) is 11.5 Å². The lowest BCUT2D eigenvalue weighted by molar-refractivity contribution is -0.122. The zero-order chi connectivity index (χ0) is 26.8. The van der Waals surface area contributed by atoms with Crippen LogP contribution >= 0.6 is 24.0 Å². The molecule has 3 heterocycles. The minimum Gasteiger partial charge on any atom is -0.457 e. The van der Waals surface area contributed by atoms with Crippen LogP contribution in [0.4, 0.5) is 0 Å². The molecule has 9 heteroatoms. The molecule has 0 bridgehead atoms. The fourth-order valence-corrected chi connectivity index (χ4v) is 5.39. The molecule has 1 aromatic heterocycles. The van der Waals surface area contributed by atoms with Crippen LogP contribution in [0.15, 0.2) is 94.3 Å². The molecule has 0 saturated carbocycles. The van der Waals surface area contributed by atoms with Crippen molar-refractivity contribution >= 4 is 46.3 Å². The minimum absolute atomic E-state index is 0.121. The lowest BCUT2D eigenvalue weighted by Gasteiger charge is -2.14. The Kier molecular flexibility index (Phi) is 6.91. The maximum atomic E-state index is 12.9. The fourth-order valence-electron chi connectivity index (χ4n) is 4.15. The Morgan fingerprint density at radius 1 is 0.949 bits per heavy atom. The van der Waals surface area contributed by atoms with Crippen LogP contribution in [0.1, 0.15) is 27.2 Å². The summed E-state index contributed by atoms with van der Waals surface area (Å²) in [5, 5.41) is 0. The molecule has 4 aromatic rings. The van der Waals surface area contributed by atoms with E-state index in [2.05, 4.69) is 0 Å². The minimum atomic E-state index is -0.433. The molecular weight excluding hydrogens is 534 g/mol. The molecule has 6 rings (SSSR count). The summed E-state index contributed by atoms with van der Waals surface area (Å²) in [5.41, 5.74) is 3.03. The van der Waals surface area contributed by atoms with Gasteiger partial charge in [-0.1, -0.05) is 72.5 Å². The summed E-state index contributed by atoms with van der Waals surface area (Å²) < 4.78 is 22.6. The zero-order valence-corrected chi connectivity index (χ0v) is 22.1. The van der Waals surface area contributed by atoms with Gasteiger partial charge in [0.15, 0.2) is 11.5 Å². The van der Waals surface area contributed by atoms with Crippen LogP contribution in [-0.2, 0) is 22.7 Å². The normalized spacial score (nSPS) is 15.3.